The number of aromatic nitrogens is 4. The van der Waals surface area contributed by atoms with Crippen LogP contribution in [-0.2, 0) is 14.3 Å². The third-order valence-corrected chi connectivity index (χ3v) is 6.84. The number of aliphatic hydroxyl groups excluding tert-OH is 1. The van der Waals surface area contributed by atoms with Crippen molar-refractivity contribution in [3.63, 3.8) is 0 Å². The summed E-state index contributed by atoms with van der Waals surface area (Å²) in [6, 6.07) is 2.55. The van der Waals surface area contributed by atoms with Gasteiger partial charge in [-0.2, -0.15) is 0 Å². The molecule has 8 unspecified atom stereocenters. The first-order chi connectivity index (χ1) is 16.1. The molecule has 0 amide bonds. The number of carbonyl (C=O) groups excluding carboxylic acids is 1. The number of aldehydes is 1. The van der Waals surface area contributed by atoms with E-state index in [1.807, 2.05) is 27.7 Å². The molecule has 4 rings (SSSR count). The molecule has 12 heteroatoms. The van der Waals surface area contributed by atoms with Gasteiger partial charge in [-0.3, -0.25) is 28.7 Å². The van der Waals surface area contributed by atoms with Crippen LogP contribution in [0.5, 0.6) is 0 Å². The Morgan fingerprint density at radius 2 is 1.29 bits per heavy atom. The van der Waals surface area contributed by atoms with Crippen LogP contribution in [0.15, 0.2) is 43.7 Å². The van der Waals surface area contributed by atoms with Crippen molar-refractivity contribution in [2.45, 2.75) is 52.4 Å². The Bertz CT molecular complexity index is 1230. The Labute approximate surface area is 194 Å². The van der Waals surface area contributed by atoms with Crippen molar-refractivity contribution in [3.8, 4) is 0 Å². The average molecular weight is 479 g/mol. The van der Waals surface area contributed by atoms with Gasteiger partial charge in [0.15, 0.2) is 0 Å². The van der Waals surface area contributed by atoms with Gasteiger partial charge in [-0.05, 0) is 11.8 Å². The zero-order valence-electron chi connectivity index (χ0n) is 19.4. The second-order valence-electron chi connectivity index (χ2n) is 8.85. The van der Waals surface area contributed by atoms with Crippen molar-refractivity contribution >= 4 is 6.29 Å². The van der Waals surface area contributed by atoms with E-state index < -0.39 is 41.1 Å². The quantitative estimate of drug-likeness (QED) is 0.500. The fraction of sp³-hybridized carbons (Fsp3) is 0.591. The zero-order valence-corrected chi connectivity index (χ0v) is 19.4. The Hall–Kier alpha value is -3.09. The topological polar surface area (TPSA) is 165 Å². The number of hydrogen-bond acceptors (Lipinski definition) is 8. The van der Waals surface area contributed by atoms with Crippen molar-refractivity contribution in [3.05, 3.63) is 66.2 Å². The van der Waals surface area contributed by atoms with Crippen LogP contribution in [0.2, 0.25) is 0 Å². The lowest BCUT2D eigenvalue weighted by atomic mass is 9.93. The molecule has 2 aliphatic rings. The van der Waals surface area contributed by atoms with Crippen molar-refractivity contribution in [1.82, 2.24) is 19.1 Å². The maximum atomic E-state index is 11.6. The van der Waals surface area contributed by atoms with Gasteiger partial charge in [0.05, 0.1) is 12.7 Å². The van der Waals surface area contributed by atoms with E-state index in [1.54, 1.807) is 0 Å². The molecule has 3 N–H and O–H groups in total. The van der Waals surface area contributed by atoms with Crippen molar-refractivity contribution in [2.24, 2.45) is 23.7 Å². The highest BCUT2D eigenvalue weighted by atomic mass is 16.5. The SMILES string of the molecule is CC1C(C=O)OC(n2ccc(=O)[nH]c2=O)C1C.CC1C(CO)OC(n2ccc(=O)[nH]c2=O)C1C. The van der Waals surface area contributed by atoms with Crippen molar-refractivity contribution in [1.29, 1.82) is 0 Å². The molecule has 0 aliphatic carbocycles. The molecule has 0 radical (unpaired) electrons. The molecule has 2 aromatic heterocycles. The first kappa shape index (κ1) is 25.5. The van der Waals surface area contributed by atoms with Crippen LogP contribution in [-0.4, -0.2) is 49.3 Å². The second kappa shape index (κ2) is 10.5. The maximum absolute atomic E-state index is 11.6. The molecule has 0 saturated carbocycles. The molecule has 0 bridgehead atoms. The van der Waals surface area contributed by atoms with Crippen molar-refractivity contribution in [2.75, 3.05) is 6.61 Å². The minimum Gasteiger partial charge on any atom is -0.394 e. The van der Waals surface area contributed by atoms with Gasteiger partial charge in [0.1, 0.15) is 24.8 Å². The van der Waals surface area contributed by atoms with Crippen LogP contribution in [0.25, 0.3) is 0 Å². The van der Waals surface area contributed by atoms with E-state index in [0.717, 1.165) is 6.29 Å². The molecule has 0 aromatic carbocycles. The number of carbonyl (C=O) groups is 1. The van der Waals surface area contributed by atoms with Crippen LogP contribution < -0.4 is 22.5 Å². The van der Waals surface area contributed by atoms with Gasteiger partial charge in [0.25, 0.3) is 11.1 Å². The lowest BCUT2D eigenvalue weighted by Gasteiger charge is -2.18. The third kappa shape index (κ3) is 5.03. The Morgan fingerprint density at radius 1 is 0.824 bits per heavy atom. The Kier molecular flexibility index (Phi) is 7.85. The zero-order chi connectivity index (χ0) is 25.2. The second-order valence-corrected chi connectivity index (χ2v) is 8.85. The van der Waals surface area contributed by atoms with E-state index in [4.69, 9.17) is 14.6 Å². The highest BCUT2D eigenvalue weighted by Crippen LogP contribution is 2.38. The van der Waals surface area contributed by atoms with Crippen molar-refractivity contribution < 1.29 is 19.4 Å². The van der Waals surface area contributed by atoms with Crippen LogP contribution >= 0.6 is 0 Å². The van der Waals surface area contributed by atoms with Gasteiger partial charge in [-0.1, -0.05) is 27.7 Å². The minimum absolute atomic E-state index is 0.0220. The van der Waals surface area contributed by atoms with Crippen LogP contribution in [0.1, 0.15) is 40.2 Å². The summed E-state index contributed by atoms with van der Waals surface area (Å²) in [4.78, 5) is 60.4. The molecule has 2 saturated heterocycles. The first-order valence-electron chi connectivity index (χ1n) is 11.1. The molecular formula is C22H30N4O8. The molecule has 2 fully saturated rings. The summed E-state index contributed by atoms with van der Waals surface area (Å²) in [5.74, 6) is 0.310. The van der Waals surface area contributed by atoms with E-state index in [1.165, 1.54) is 33.7 Å². The predicted molar refractivity (Wildman–Crippen MR) is 120 cm³/mol. The molecule has 2 aliphatic heterocycles. The predicted octanol–water partition coefficient (Wildman–Crippen LogP) is -0.396. The van der Waals surface area contributed by atoms with E-state index in [2.05, 4.69) is 9.97 Å². The largest absolute Gasteiger partial charge is 0.394 e. The Balaban J connectivity index is 0.000000191. The average Bonchev–Trinajstić information content (AvgIpc) is 3.24. The summed E-state index contributed by atoms with van der Waals surface area (Å²) in [6.45, 7) is 7.68. The number of rotatable bonds is 4. The molecule has 8 atom stereocenters. The normalized spacial score (nSPS) is 32.7. The molecular weight excluding hydrogens is 448 g/mol. The number of H-pyrrole nitrogens is 2. The van der Waals surface area contributed by atoms with Gasteiger partial charge in [-0.15, -0.1) is 0 Å². The molecule has 0 spiro atoms. The fourth-order valence-corrected chi connectivity index (χ4v) is 4.25. The molecule has 4 heterocycles. The number of aliphatic hydroxyl groups is 1. The van der Waals surface area contributed by atoms with Gasteiger partial charge in [-0.25, -0.2) is 9.59 Å². The van der Waals surface area contributed by atoms with Gasteiger partial charge < -0.3 is 19.4 Å². The number of hydrogen-bond donors (Lipinski definition) is 3. The lowest BCUT2D eigenvalue weighted by molar-refractivity contribution is -0.120. The lowest BCUT2D eigenvalue weighted by Crippen LogP contribution is -2.33. The van der Waals surface area contributed by atoms with Crippen LogP contribution in [0.4, 0.5) is 0 Å². The van der Waals surface area contributed by atoms with Gasteiger partial charge >= 0.3 is 11.4 Å². The summed E-state index contributed by atoms with van der Waals surface area (Å²) < 4.78 is 13.8. The third-order valence-electron chi connectivity index (χ3n) is 6.84. The smallest absolute Gasteiger partial charge is 0.330 e. The van der Waals surface area contributed by atoms with Gasteiger partial charge in [0.2, 0.25) is 0 Å². The number of nitrogens with zero attached hydrogens (tertiary/aromatic N) is 2. The summed E-state index contributed by atoms with van der Waals surface area (Å²) in [5, 5.41) is 9.16. The molecule has 2 aromatic rings. The monoisotopic (exact) mass is 478 g/mol. The van der Waals surface area contributed by atoms with E-state index in [9.17, 15) is 24.0 Å². The summed E-state index contributed by atoms with van der Waals surface area (Å²) in [5.41, 5.74) is -1.88. The fourth-order valence-electron chi connectivity index (χ4n) is 4.25. The van der Waals surface area contributed by atoms with E-state index in [0.29, 0.717) is 0 Å². The number of ether oxygens (including phenoxy) is 2. The summed E-state index contributed by atoms with van der Waals surface area (Å²) in [7, 11) is 0. The number of aromatic amines is 2. The highest BCUT2D eigenvalue weighted by Gasteiger charge is 2.41. The van der Waals surface area contributed by atoms with Crippen LogP contribution in [0, 0.1) is 23.7 Å². The molecule has 186 valence electrons. The molecule has 12 nitrogen and oxygen atoms in total. The van der Waals surface area contributed by atoms with E-state index >= 15 is 0 Å². The standard InChI is InChI=1S/C11H16N2O4.C11H14N2O4/c2*1-6-7(2)10(17-8(6)5-14)13-4-3-9(15)12-11(13)16/h3-4,6-8,10,14H,5H2,1-2H3,(H,12,15,16);3-8,10H,1-2H3,(H,12,15,16). The van der Waals surface area contributed by atoms with Gasteiger partial charge in [0, 0.05) is 36.4 Å². The highest BCUT2D eigenvalue weighted by molar-refractivity contribution is 5.57. The number of nitrogens with one attached hydrogen (secondary N) is 2. The molecule has 34 heavy (non-hydrogen) atoms. The summed E-state index contributed by atoms with van der Waals surface area (Å²) >= 11 is 0. The van der Waals surface area contributed by atoms with E-state index in [-0.39, 0.29) is 36.4 Å². The summed E-state index contributed by atoms with van der Waals surface area (Å²) in [6.07, 6.45) is 1.84. The minimum atomic E-state index is -0.520. The maximum Gasteiger partial charge on any atom is 0.330 e. The van der Waals surface area contributed by atoms with Crippen LogP contribution in [0.3, 0.4) is 0 Å². The Morgan fingerprint density at radius 3 is 1.68 bits per heavy atom. The first-order valence-corrected chi connectivity index (χ1v) is 11.1.